The Labute approximate surface area is 112 Å². The monoisotopic (exact) mass is 258 g/mol. The Morgan fingerprint density at radius 2 is 2.16 bits per heavy atom. The minimum atomic E-state index is 0.332. The molecule has 1 atom stereocenters. The molecule has 4 heteroatoms. The highest BCUT2D eigenvalue weighted by Crippen LogP contribution is 2.31. The molecule has 4 nitrogen and oxygen atoms in total. The predicted octanol–water partition coefficient (Wildman–Crippen LogP) is 2.90. The Hall–Kier alpha value is -1.81. The number of ether oxygens (including phenoxy) is 1. The van der Waals surface area contributed by atoms with Crippen molar-refractivity contribution in [3.8, 4) is 5.75 Å². The molecule has 0 fully saturated rings. The fourth-order valence-corrected chi connectivity index (χ4v) is 2.53. The van der Waals surface area contributed by atoms with Gasteiger partial charge >= 0.3 is 0 Å². The largest absolute Gasteiger partial charge is 0.493 e. The number of para-hydroxylation sites is 1. The quantitative estimate of drug-likeness (QED) is 0.919. The Morgan fingerprint density at radius 3 is 2.95 bits per heavy atom. The van der Waals surface area contributed by atoms with Crippen molar-refractivity contribution >= 4 is 0 Å². The van der Waals surface area contributed by atoms with Crippen LogP contribution in [0.2, 0.25) is 0 Å². The zero-order valence-electron chi connectivity index (χ0n) is 11.3. The topological polar surface area (TPSA) is 47.3 Å². The van der Waals surface area contributed by atoms with E-state index < -0.39 is 0 Å². The van der Waals surface area contributed by atoms with Gasteiger partial charge in [0.2, 0.25) is 0 Å². The summed E-state index contributed by atoms with van der Waals surface area (Å²) in [7, 11) is 0. The van der Waals surface area contributed by atoms with E-state index in [1.165, 1.54) is 5.56 Å². The number of fused-ring (bicyclic) bond motifs is 1. The summed E-state index contributed by atoms with van der Waals surface area (Å²) in [5.41, 5.74) is 3.36. The third-order valence-electron chi connectivity index (χ3n) is 3.66. The van der Waals surface area contributed by atoms with Gasteiger partial charge in [-0.1, -0.05) is 23.4 Å². The van der Waals surface area contributed by atoms with E-state index in [4.69, 9.17) is 9.26 Å². The van der Waals surface area contributed by atoms with Crippen LogP contribution >= 0.6 is 0 Å². The summed E-state index contributed by atoms with van der Waals surface area (Å²) in [6, 6.07) is 8.55. The highest BCUT2D eigenvalue weighted by Gasteiger charge is 2.21. The SMILES string of the molecule is Cc1noc(C)c1CNC1CCOc2ccccc21. The van der Waals surface area contributed by atoms with Gasteiger partial charge < -0.3 is 14.6 Å². The first-order valence-electron chi connectivity index (χ1n) is 6.62. The lowest BCUT2D eigenvalue weighted by Crippen LogP contribution is -2.27. The molecule has 0 aliphatic carbocycles. The second kappa shape index (κ2) is 5.05. The molecule has 1 aromatic carbocycles. The summed E-state index contributed by atoms with van der Waals surface area (Å²) in [6.45, 7) is 5.47. The average molecular weight is 258 g/mol. The molecule has 1 aliphatic rings. The molecule has 2 heterocycles. The van der Waals surface area contributed by atoms with Gasteiger partial charge in [0.05, 0.1) is 12.3 Å². The number of aromatic nitrogens is 1. The third kappa shape index (κ3) is 2.36. The van der Waals surface area contributed by atoms with Crippen molar-refractivity contribution in [3.05, 3.63) is 46.8 Å². The molecule has 0 amide bonds. The van der Waals surface area contributed by atoms with Crippen LogP contribution in [0, 0.1) is 13.8 Å². The molecular weight excluding hydrogens is 240 g/mol. The Morgan fingerprint density at radius 1 is 1.32 bits per heavy atom. The number of benzene rings is 1. The van der Waals surface area contributed by atoms with Crippen molar-refractivity contribution in [3.63, 3.8) is 0 Å². The van der Waals surface area contributed by atoms with Crippen LogP contribution in [0.25, 0.3) is 0 Å². The van der Waals surface area contributed by atoms with Gasteiger partial charge in [-0.3, -0.25) is 0 Å². The van der Waals surface area contributed by atoms with Crippen molar-refractivity contribution in [2.45, 2.75) is 32.9 Å². The first-order chi connectivity index (χ1) is 9.25. The lowest BCUT2D eigenvalue weighted by molar-refractivity contribution is 0.252. The molecule has 0 bridgehead atoms. The number of nitrogens with zero attached hydrogens (tertiary/aromatic N) is 1. The second-order valence-corrected chi connectivity index (χ2v) is 4.91. The van der Waals surface area contributed by atoms with Gasteiger partial charge in [-0.05, 0) is 19.9 Å². The Bertz CT molecular complexity index is 558. The fourth-order valence-electron chi connectivity index (χ4n) is 2.53. The lowest BCUT2D eigenvalue weighted by Gasteiger charge is -2.26. The smallest absolute Gasteiger partial charge is 0.138 e. The van der Waals surface area contributed by atoms with Crippen molar-refractivity contribution in [1.82, 2.24) is 10.5 Å². The summed E-state index contributed by atoms with van der Waals surface area (Å²) in [5.74, 6) is 1.88. The van der Waals surface area contributed by atoms with Crippen molar-refractivity contribution in [1.29, 1.82) is 0 Å². The molecule has 0 spiro atoms. The van der Waals surface area contributed by atoms with Crippen LogP contribution in [-0.4, -0.2) is 11.8 Å². The van der Waals surface area contributed by atoms with E-state index in [1.54, 1.807) is 0 Å². The van der Waals surface area contributed by atoms with E-state index in [1.807, 2.05) is 26.0 Å². The molecule has 100 valence electrons. The van der Waals surface area contributed by atoms with Gasteiger partial charge in [0.25, 0.3) is 0 Å². The van der Waals surface area contributed by atoms with E-state index >= 15 is 0 Å². The van der Waals surface area contributed by atoms with E-state index in [2.05, 4.69) is 22.6 Å². The minimum Gasteiger partial charge on any atom is -0.493 e. The molecule has 1 aromatic heterocycles. The Kier molecular flexibility index (Phi) is 3.25. The molecule has 2 aromatic rings. The standard InChI is InChI=1S/C15H18N2O2/c1-10-13(11(2)19-17-10)9-16-14-7-8-18-15-6-4-3-5-12(14)15/h3-6,14,16H,7-9H2,1-2H3. The zero-order valence-corrected chi connectivity index (χ0v) is 11.3. The van der Waals surface area contributed by atoms with Gasteiger partial charge in [-0.15, -0.1) is 0 Å². The van der Waals surface area contributed by atoms with Crippen molar-refractivity contribution in [2.75, 3.05) is 6.61 Å². The maximum atomic E-state index is 5.67. The summed E-state index contributed by atoms with van der Waals surface area (Å²) >= 11 is 0. The number of rotatable bonds is 3. The molecule has 0 saturated carbocycles. The minimum absolute atomic E-state index is 0.332. The molecule has 19 heavy (non-hydrogen) atoms. The molecule has 1 aliphatic heterocycles. The van der Waals surface area contributed by atoms with Crippen LogP contribution in [0.4, 0.5) is 0 Å². The van der Waals surface area contributed by atoms with E-state index in [0.29, 0.717) is 6.04 Å². The fraction of sp³-hybridized carbons (Fsp3) is 0.400. The molecule has 1 N–H and O–H groups in total. The predicted molar refractivity (Wildman–Crippen MR) is 72.1 cm³/mol. The van der Waals surface area contributed by atoms with Gasteiger partial charge in [0, 0.05) is 30.1 Å². The van der Waals surface area contributed by atoms with Gasteiger partial charge in [0.15, 0.2) is 0 Å². The maximum absolute atomic E-state index is 5.67. The summed E-state index contributed by atoms with van der Waals surface area (Å²) in [4.78, 5) is 0. The number of nitrogens with one attached hydrogen (secondary N) is 1. The van der Waals surface area contributed by atoms with Gasteiger partial charge in [-0.2, -0.15) is 0 Å². The lowest BCUT2D eigenvalue weighted by atomic mass is 10.0. The van der Waals surface area contributed by atoms with Crippen LogP contribution in [0.1, 0.15) is 35.0 Å². The summed E-state index contributed by atoms with van der Waals surface area (Å²) in [5, 5.41) is 7.57. The van der Waals surface area contributed by atoms with E-state index in [9.17, 15) is 0 Å². The molecular formula is C15H18N2O2. The van der Waals surface area contributed by atoms with E-state index in [0.717, 1.165) is 42.3 Å². The third-order valence-corrected chi connectivity index (χ3v) is 3.66. The Balaban J connectivity index is 1.75. The first-order valence-corrected chi connectivity index (χ1v) is 6.62. The van der Waals surface area contributed by atoms with Crippen LogP contribution < -0.4 is 10.1 Å². The van der Waals surface area contributed by atoms with Crippen LogP contribution in [-0.2, 0) is 6.54 Å². The van der Waals surface area contributed by atoms with Crippen LogP contribution in [0.5, 0.6) is 5.75 Å². The van der Waals surface area contributed by atoms with Gasteiger partial charge in [-0.25, -0.2) is 0 Å². The van der Waals surface area contributed by atoms with Crippen molar-refractivity contribution in [2.24, 2.45) is 0 Å². The normalized spacial score (nSPS) is 17.9. The molecule has 0 radical (unpaired) electrons. The summed E-state index contributed by atoms with van der Waals surface area (Å²) < 4.78 is 10.9. The maximum Gasteiger partial charge on any atom is 0.138 e. The first kappa shape index (κ1) is 12.2. The highest BCUT2D eigenvalue weighted by molar-refractivity contribution is 5.37. The summed E-state index contributed by atoms with van der Waals surface area (Å²) in [6.07, 6.45) is 0.986. The zero-order chi connectivity index (χ0) is 13.2. The van der Waals surface area contributed by atoms with Crippen LogP contribution in [0.3, 0.4) is 0 Å². The number of hydrogen-bond acceptors (Lipinski definition) is 4. The van der Waals surface area contributed by atoms with Crippen molar-refractivity contribution < 1.29 is 9.26 Å². The van der Waals surface area contributed by atoms with Crippen LogP contribution in [0.15, 0.2) is 28.8 Å². The molecule has 0 saturated heterocycles. The molecule has 3 rings (SSSR count). The number of aryl methyl sites for hydroxylation is 2. The molecule has 1 unspecified atom stereocenters. The van der Waals surface area contributed by atoms with E-state index in [-0.39, 0.29) is 0 Å². The second-order valence-electron chi connectivity index (χ2n) is 4.91. The van der Waals surface area contributed by atoms with Gasteiger partial charge in [0.1, 0.15) is 11.5 Å². The number of hydrogen-bond donors (Lipinski definition) is 1. The highest BCUT2D eigenvalue weighted by atomic mass is 16.5. The average Bonchev–Trinajstić information content (AvgIpc) is 2.76.